The Hall–Kier alpha value is -1.32. The molecule has 3 aliphatic rings. The smallest absolute Gasteiger partial charge is 0.225 e. The van der Waals surface area contributed by atoms with E-state index in [4.69, 9.17) is 0 Å². The van der Waals surface area contributed by atoms with Gasteiger partial charge in [-0.1, -0.05) is 6.42 Å². The van der Waals surface area contributed by atoms with Gasteiger partial charge in [-0.25, -0.2) is 4.98 Å². The summed E-state index contributed by atoms with van der Waals surface area (Å²) in [6, 6.07) is 0. The zero-order valence-corrected chi connectivity index (χ0v) is 13.6. The van der Waals surface area contributed by atoms with E-state index in [1.165, 1.54) is 32.1 Å². The maximum Gasteiger partial charge on any atom is 0.225 e. The fourth-order valence-corrected chi connectivity index (χ4v) is 5.06. The van der Waals surface area contributed by atoms with Crippen molar-refractivity contribution in [1.29, 1.82) is 0 Å². The second kappa shape index (κ2) is 5.71. The van der Waals surface area contributed by atoms with Crippen LogP contribution in [0.3, 0.4) is 0 Å². The minimum absolute atomic E-state index is 0.352. The molecule has 2 heterocycles. The van der Waals surface area contributed by atoms with Gasteiger partial charge in [0.1, 0.15) is 5.82 Å². The number of carbonyl (C=O) groups is 1. The maximum atomic E-state index is 12.9. The molecule has 4 nitrogen and oxygen atoms in total. The Balaban J connectivity index is 1.38. The van der Waals surface area contributed by atoms with Crippen LogP contribution >= 0.6 is 0 Å². The van der Waals surface area contributed by atoms with E-state index in [-0.39, 0.29) is 0 Å². The van der Waals surface area contributed by atoms with Crippen LogP contribution < -0.4 is 0 Å². The summed E-state index contributed by atoms with van der Waals surface area (Å²) in [5, 5.41) is 0. The summed E-state index contributed by atoms with van der Waals surface area (Å²) in [4.78, 5) is 19.5. The predicted molar refractivity (Wildman–Crippen MR) is 85.2 cm³/mol. The fraction of sp³-hybridized carbons (Fsp3) is 0.778. The molecule has 120 valence electrons. The van der Waals surface area contributed by atoms with E-state index in [2.05, 4.69) is 21.5 Å². The van der Waals surface area contributed by atoms with Crippen molar-refractivity contribution in [3.05, 3.63) is 18.2 Å². The van der Waals surface area contributed by atoms with Crippen LogP contribution in [0.4, 0.5) is 0 Å². The highest BCUT2D eigenvalue weighted by atomic mass is 16.2. The van der Waals surface area contributed by atoms with E-state index in [0.717, 1.165) is 37.7 Å². The molecular weight excluding hydrogens is 274 g/mol. The molecule has 3 fully saturated rings. The molecule has 4 heteroatoms. The third kappa shape index (κ3) is 2.57. The van der Waals surface area contributed by atoms with Crippen LogP contribution in [-0.2, 0) is 18.3 Å². The topological polar surface area (TPSA) is 38.1 Å². The van der Waals surface area contributed by atoms with E-state index >= 15 is 0 Å². The first-order valence-electron chi connectivity index (χ1n) is 8.95. The monoisotopic (exact) mass is 301 g/mol. The first kappa shape index (κ1) is 14.3. The molecule has 0 N–H and O–H groups in total. The van der Waals surface area contributed by atoms with Crippen molar-refractivity contribution >= 4 is 5.91 Å². The van der Waals surface area contributed by atoms with Crippen LogP contribution in [0, 0.1) is 23.7 Å². The maximum absolute atomic E-state index is 12.9. The van der Waals surface area contributed by atoms with Gasteiger partial charge < -0.3 is 9.47 Å². The predicted octanol–water partition coefficient (Wildman–Crippen LogP) is 2.64. The van der Waals surface area contributed by atoms with Gasteiger partial charge in [-0.2, -0.15) is 0 Å². The molecule has 2 aliphatic carbocycles. The van der Waals surface area contributed by atoms with E-state index in [0.29, 0.717) is 23.7 Å². The van der Waals surface area contributed by atoms with Gasteiger partial charge in [0.05, 0.1) is 0 Å². The molecule has 2 bridgehead atoms. The molecule has 1 amide bonds. The number of likely N-dealkylation sites (tertiary alicyclic amines) is 1. The van der Waals surface area contributed by atoms with Gasteiger partial charge in [-0.15, -0.1) is 0 Å². The molecule has 1 aliphatic heterocycles. The highest BCUT2D eigenvalue weighted by Gasteiger charge is 2.44. The Morgan fingerprint density at radius 3 is 2.91 bits per heavy atom. The lowest BCUT2D eigenvalue weighted by Crippen LogP contribution is -2.44. The third-order valence-corrected chi connectivity index (χ3v) is 6.28. The van der Waals surface area contributed by atoms with Crippen LogP contribution in [0.2, 0.25) is 0 Å². The fourth-order valence-electron chi connectivity index (χ4n) is 5.06. The van der Waals surface area contributed by atoms with Gasteiger partial charge in [0.2, 0.25) is 5.91 Å². The summed E-state index contributed by atoms with van der Waals surface area (Å²) in [6.07, 6.45) is 12.4. The molecule has 0 unspecified atom stereocenters. The highest BCUT2D eigenvalue weighted by molar-refractivity contribution is 5.79. The second-order valence-corrected chi connectivity index (χ2v) is 7.73. The Morgan fingerprint density at radius 1 is 1.32 bits per heavy atom. The SMILES string of the molecule is Cn1ccnc1C[C@@H]1CCCN(C(=O)[C@H]2C[C@H]3CC[C@H]2C3)C1. The Bertz CT molecular complexity index is 552. The number of fused-ring (bicyclic) bond motifs is 2. The number of rotatable bonds is 3. The van der Waals surface area contributed by atoms with Gasteiger partial charge in [-0.05, 0) is 49.9 Å². The lowest BCUT2D eigenvalue weighted by atomic mass is 9.86. The number of imidazole rings is 1. The molecule has 4 rings (SSSR count). The molecule has 2 saturated carbocycles. The second-order valence-electron chi connectivity index (χ2n) is 7.73. The molecule has 1 saturated heterocycles. The number of nitrogens with zero attached hydrogens (tertiary/aromatic N) is 3. The number of aromatic nitrogens is 2. The van der Waals surface area contributed by atoms with Crippen LogP contribution in [0.1, 0.15) is 44.3 Å². The molecule has 0 radical (unpaired) electrons. The third-order valence-electron chi connectivity index (χ3n) is 6.28. The molecule has 1 aromatic heterocycles. The van der Waals surface area contributed by atoms with Crippen molar-refractivity contribution in [3.63, 3.8) is 0 Å². The van der Waals surface area contributed by atoms with Crippen molar-refractivity contribution in [3.8, 4) is 0 Å². The summed E-state index contributed by atoms with van der Waals surface area (Å²) < 4.78 is 2.11. The number of carbonyl (C=O) groups excluding carboxylic acids is 1. The minimum Gasteiger partial charge on any atom is -0.342 e. The molecular formula is C18H27N3O. The molecule has 0 spiro atoms. The lowest BCUT2D eigenvalue weighted by molar-refractivity contribution is -0.139. The summed E-state index contributed by atoms with van der Waals surface area (Å²) >= 11 is 0. The Labute approximate surface area is 132 Å². The number of aryl methyl sites for hydroxylation is 1. The zero-order chi connectivity index (χ0) is 15.1. The summed E-state index contributed by atoms with van der Waals surface area (Å²) in [5.41, 5.74) is 0. The van der Waals surface area contributed by atoms with Gasteiger partial charge in [0, 0.05) is 44.9 Å². The summed E-state index contributed by atoms with van der Waals surface area (Å²) in [5.74, 6) is 4.11. The highest BCUT2D eigenvalue weighted by Crippen LogP contribution is 2.49. The molecule has 4 atom stereocenters. The average Bonchev–Trinajstić information content (AvgIpc) is 3.25. The number of hydrogen-bond acceptors (Lipinski definition) is 2. The van der Waals surface area contributed by atoms with Crippen LogP contribution in [0.25, 0.3) is 0 Å². The number of piperidine rings is 1. The van der Waals surface area contributed by atoms with Crippen molar-refractivity contribution in [2.45, 2.75) is 44.9 Å². The van der Waals surface area contributed by atoms with Crippen molar-refractivity contribution in [1.82, 2.24) is 14.5 Å². The lowest BCUT2D eigenvalue weighted by Gasteiger charge is -2.36. The summed E-state index contributed by atoms with van der Waals surface area (Å²) in [6.45, 7) is 1.92. The number of amides is 1. The first-order valence-corrected chi connectivity index (χ1v) is 8.95. The van der Waals surface area contributed by atoms with Crippen LogP contribution in [-0.4, -0.2) is 33.4 Å². The summed E-state index contributed by atoms with van der Waals surface area (Å²) in [7, 11) is 2.06. The Morgan fingerprint density at radius 2 is 2.23 bits per heavy atom. The van der Waals surface area contributed by atoms with Gasteiger partial charge >= 0.3 is 0 Å². The first-order chi connectivity index (χ1) is 10.7. The largest absolute Gasteiger partial charge is 0.342 e. The van der Waals surface area contributed by atoms with E-state index < -0.39 is 0 Å². The zero-order valence-electron chi connectivity index (χ0n) is 13.6. The standard InChI is InChI=1S/C18H27N3O/c1-20-8-6-19-17(20)11-14-3-2-7-21(12-14)18(22)16-10-13-4-5-15(16)9-13/h6,8,13-16H,2-5,7,9-12H2,1H3/t13-,14-,15-,16-/m0/s1. The molecule has 0 aromatic carbocycles. The average molecular weight is 301 g/mol. The van der Waals surface area contributed by atoms with Gasteiger partial charge in [0.25, 0.3) is 0 Å². The van der Waals surface area contributed by atoms with E-state index in [9.17, 15) is 4.79 Å². The van der Waals surface area contributed by atoms with Crippen molar-refractivity contribution in [2.75, 3.05) is 13.1 Å². The molecule has 1 aromatic rings. The Kier molecular flexibility index (Phi) is 3.71. The van der Waals surface area contributed by atoms with Gasteiger partial charge in [0.15, 0.2) is 0 Å². The van der Waals surface area contributed by atoms with Gasteiger partial charge in [-0.3, -0.25) is 4.79 Å². The van der Waals surface area contributed by atoms with E-state index in [1.54, 1.807) is 0 Å². The van der Waals surface area contributed by atoms with Crippen LogP contribution in [0.15, 0.2) is 12.4 Å². The quantitative estimate of drug-likeness (QED) is 0.861. The normalized spacial score (nSPS) is 34.3. The van der Waals surface area contributed by atoms with Crippen molar-refractivity contribution < 1.29 is 4.79 Å². The van der Waals surface area contributed by atoms with Crippen LogP contribution in [0.5, 0.6) is 0 Å². The van der Waals surface area contributed by atoms with E-state index in [1.807, 2.05) is 12.4 Å². The molecule has 22 heavy (non-hydrogen) atoms. The number of hydrogen-bond donors (Lipinski definition) is 0. The van der Waals surface area contributed by atoms with Crippen molar-refractivity contribution in [2.24, 2.45) is 30.7 Å². The minimum atomic E-state index is 0.352.